The van der Waals surface area contributed by atoms with Gasteiger partial charge in [-0.05, 0) is 54.1 Å². The highest BCUT2D eigenvalue weighted by Gasteiger charge is 2.30. The van der Waals surface area contributed by atoms with Gasteiger partial charge in [0, 0.05) is 19.1 Å². The van der Waals surface area contributed by atoms with Crippen molar-refractivity contribution in [1.29, 1.82) is 0 Å². The zero-order chi connectivity index (χ0) is 12.1. The molecule has 1 fully saturated rings. The molecule has 1 aliphatic rings. The molecule has 0 aromatic heterocycles. The van der Waals surface area contributed by atoms with Crippen molar-refractivity contribution in [3.05, 3.63) is 0 Å². The molecular weight excluding hydrogens is 202 g/mol. The fourth-order valence-corrected chi connectivity index (χ4v) is 2.43. The zero-order valence-corrected chi connectivity index (χ0v) is 11.2. The maximum Gasteiger partial charge on any atom is 0.0682 e. The lowest BCUT2D eigenvalue weighted by molar-refractivity contribution is 0.170. The van der Waals surface area contributed by atoms with Gasteiger partial charge in [-0.1, -0.05) is 0 Å². The van der Waals surface area contributed by atoms with Gasteiger partial charge in [0.05, 0.1) is 6.10 Å². The third-order valence-corrected chi connectivity index (χ3v) is 3.13. The largest absolute Gasteiger partial charge is 0.392 e. The molecule has 0 spiro atoms. The van der Waals surface area contributed by atoms with Crippen molar-refractivity contribution in [2.75, 3.05) is 54.4 Å². The van der Waals surface area contributed by atoms with Crippen LogP contribution in [-0.4, -0.2) is 86.3 Å². The van der Waals surface area contributed by atoms with Crippen molar-refractivity contribution in [3.63, 3.8) is 0 Å². The summed E-state index contributed by atoms with van der Waals surface area (Å²) in [4.78, 5) is 6.86. The van der Waals surface area contributed by atoms with Crippen LogP contribution in [0.15, 0.2) is 0 Å². The van der Waals surface area contributed by atoms with Crippen LogP contribution in [0.5, 0.6) is 0 Å². The van der Waals surface area contributed by atoms with Gasteiger partial charge in [-0.3, -0.25) is 4.90 Å². The van der Waals surface area contributed by atoms with Crippen molar-refractivity contribution < 1.29 is 5.11 Å². The lowest BCUT2D eigenvalue weighted by Crippen LogP contribution is -2.38. The van der Waals surface area contributed by atoms with Gasteiger partial charge in [0.2, 0.25) is 0 Å². The molecule has 1 rings (SSSR count). The van der Waals surface area contributed by atoms with E-state index in [-0.39, 0.29) is 6.10 Å². The van der Waals surface area contributed by atoms with E-state index in [0.29, 0.717) is 6.04 Å². The van der Waals surface area contributed by atoms with Gasteiger partial charge in [-0.25, -0.2) is 0 Å². The topological polar surface area (TPSA) is 30.0 Å². The van der Waals surface area contributed by atoms with Gasteiger partial charge in [0.25, 0.3) is 0 Å². The van der Waals surface area contributed by atoms with Crippen LogP contribution in [0.2, 0.25) is 0 Å². The number of β-amino-alcohol motifs (C(OH)–C–C–N with tert-alkyl or cyclic N) is 1. The SMILES string of the molecule is CN(C)CCCN1CC(O)CC1CN(C)C. The summed E-state index contributed by atoms with van der Waals surface area (Å²) in [6.45, 7) is 4.14. The molecule has 4 nitrogen and oxygen atoms in total. The Labute approximate surface area is 99.8 Å². The standard InChI is InChI=1S/C12H27N3O/c1-13(2)6-5-7-15-10-12(16)8-11(15)9-14(3)4/h11-12,16H,5-10H2,1-4H3. The van der Waals surface area contributed by atoms with Gasteiger partial charge in [-0.15, -0.1) is 0 Å². The third kappa shape index (κ3) is 4.78. The first-order valence-corrected chi connectivity index (χ1v) is 6.20. The molecule has 0 bridgehead atoms. The van der Waals surface area contributed by atoms with Gasteiger partial charge >= 0.3 is 0 Å². The summed E-state index contributed by atoms with van der Waals surface area (Å²) in [5, 5.41) is 9.72. The van der Waals surface area contributed by atoms with E-state index in [4.69, 9.17) is 0 Å². The van der Waals surface area contributed by atoms with E-state index in [1.54, 1.807) is 0 Å². The van der Waals surface area contributed by atoms with Crippen LogP contribution < -0.4 is 0 Å². The Morgan fingerprint density at radius 3 is 2.44 bits per heavy atom. The molecule has 96 valence electrons. The van der Waals surface area contributed by atoms with E-state index in [9.17, 15) is 5.11 Å². The number of aliphatic hydroxyl groups is 1. The lowest BCUT2D eigenvalue weighted by Gasteiger charge is -2.27. The van der Waals surface area contributed by atoms with E-state index in [1.165, 1.54) is 6.42 Å². The van der Waals surface area contributed by atoms with E-state index < -0.39 is 0 Å². The summed E-state index contributed by atoms with van der Waals surface area (Å²) >= 11 is 0. The number of rotatable bonds is 6. The molecule has 1 heterocycles. The highest BCUT2D eigenvalue weighted by atomic mass is 16.3. The van der Waals surface area contributed by atoms with Crippen molar-refractivity contribution in [3.8, 4) is 0 Å². The summed E-state index contributed by atoms with van der Waals surface area (Å²) < 4.78 is 0. The molecule has 4 heteroatoms. The monoisotopic (exact) mass is 229 g/mol. The molecule has 1 N–H and O–H groups in total. The van der Waals surface area contributed by atoms with E-state index in [2.05, 4.69) is 42.9 Å². The summed E-state index contributed by atoms with van der Waals surface area (Å²) in [6.07, 6.45) is 1.99. The summed E-state index contributed by atoms with van der Waals surface area (Å²) in [5.41, 5.74) is 0. The van der Waals surface area contributed by atoms with Crippen molar-refractivity contribution in [1.82, 2.24) is 14.7 Å². The first-order chi connectivity index (χ1) is 7.49. The number of likely N-dealkylation sites (N-methyl/N-ethyl adjacent to an activating group) is 1. The number of aliphatic hydroxyl groups excluding tert-OH is 1. The minimum Gasteiger partial charge on any atom is -0.392 e. The Kier molecular flexibility index (Phi) is 5.69. The molecule has 2 unspecified atom stereocenters. The number of likely N-dealkylation sites (tertiary alicyclic amines) is 1. The van der Waals surface area contributed by atoms with Crippen LogP contribution in [0.1, 0.15) is 12.8 Å². The first-order valence-electron chi connectivity index (χ1n) is 6.20. The van der Waals surface area contributed by atoms with Crippen molar-refractivity contribution >= 4 is 0 Å². The average Bonchev–Trinajstić information content (AvgIpc) is 2.44. The fraction of sp³-hybridized carbons (Fsp3) is 1.00. The molecule has 0 radical (unpaired) electrons. The molecule has 0 aromatic carbocycles. The molecule has 0 aliphatic carbocycles. The normalized spacial score (nSPS) is 27.2. The van der Waals surface area contributed by atoms with Crippen molar-refractivity contribution in [2.45, 2.75) is 25.0 Å². The molecule has 0 aromatic rings. The van der Waals surface area contributed by atoms with E-state index in [0.717, 1.165) is 32.6 Å². The first kappa shape index (κ1) is 13.9. The minimum absolute atomic E-state index is 0.121. The predicted octanol–water partition coefficient (Wildman–Crippen LogP) is -0.0651. The molecular formula is C12H27N3O. The second-order valence-electron chi connectivity index (χ2n) is 5.46. The Morgan fingerprint density at radius 1 is 1.19 bits per heavy atom. The molecule has 16 heavy (non-hydrogen) atoms. The second kappa shape index (κ2) is 6.55. The smallest absolute Gasteiger partial charge is 0.0682 e. The Bertz CT molecular complexity index is 197. The second-order valence-corrected chi connectivity index (χ2v) is 5.46. The highest BCUT2D eigenvalue weighted by Crippen LogP contribution is 2.18. The highest BCUT2D eigenvalue weighted by molar-refractivity contribution is 4.86. The quantitative estimate of drug-likeness (QED) is 0.691. The maximum atomic E-state index is 9.72. The summed E-state index contributed by atoms with van der Waals surface area (Å²) in [7, 11) is 8.41. The van der Waals surface area contributed by atoms with Crippen LogP contribution in [0.3, 0.4) is 0 Å². The average molecular weight is 229 g/mol. The predicted molar refractivity (Wildman–Crippen MR) is 67.7 cm³/mol. The lowest BCUT2D eigenvalue weighted by atomic mass is 10.2. The molecule has 1 saturated heterocycles. The van der Waals surface area contributed by atoms with Gasteiger partial charge in [-0.2, -0.15) is 0 Å². The Balaban J connectivity index is 2.31. The Morgan fingerprint density at radius 2 is 1.88 bits per heavy atom. The Hall–Kier alpha value is -0.160. The van der Waals surface area contributed by atoms with Crippen LogP contribution in [0, 0.1) is 0 Å². The molecule has 2 atom stereocenters. The van der Waals surface area contributed by atoms with Gasteiger partial charge < -0.3 is 14.9 Å². The van der Waals surface area contributed by atoms with Crippen LogP contribution in [-0.2, 0) is 0 Å². The third-order valence-electron chi connectivity index (χ3n) is 3.13. The van der Waals surface area contributed by atoms with Gasteiger partial charge in [0.1, 0.15) is 0 Å². The zero-order valence-electron chi connectivity index (χ0n) is 11.2. The van der Waals surface area contributed by atoms with Crippen LogP contribution in [0.25, 0.3) is 0 Å². The van der Waals surface area contributed by atoms with E-state index >= 15 is 0 Å². The number of hydrogen-bond acceptors (Lipinski definition) is 4. The number of hydrogen-bond donors (Lipinski definition) is 1. The van der Waals surface area contributed by atoms with Crippen LogP contribution in [0.4, 0.5) is 0 Å². The fourth-order valence-electron chi connectivity index (χ4n) is 2.43. The van der Waals surface area contributed by atoms with E-state index in [1.807, 2.05) is 0 Å². The minimum atomic E-state index is -0.121. The molecule has 0 saturated carbocycles. The van der Waals surface area contributed by atoms with Crippen LogP contribution >= 0.6 is 0 Å². The van der Waals surface area contributed by atoms with Crippen molar-refractivity contribution in [2.24, 2.45) is 0 Å². The molecule has 0 amide bonds. The number of nitrogens with zero attached hydrogens (tertiary/aromatic N) is 3. The van der Waals surface area contributed by atoms with Gasteiger partial charge in [0.15, 0.2) is 0 Å². The summed E-state index contributed by atoms with van der Waals surface area (Å²) in [6, 6.07) is 0.534. The maximum absolute atomic E-state index is 9.72. The molecule has 1 aliphatic heterocycles. The summed E-state index contributed by atoms with van der Waals surface area (Å²) in [5.74, 6) is 0.